The number of hydrogen-bond acceptors (Lipinski definition) is 4. The summed E-state index contributed by atoms with van der Waals surface area (Å²) in [5.41, 5.74) is 0.270. The fourth-order valence-electron chi connectivity index (χ4n) is 8.12. The third-order valence-corrected chi connectivity index (χ3v) is 9.54. The largest absolute Gasteiger partial charge is 0.394 e. The summed E-state index contributed by atoms with van der Waals surface area (Å²) in [7, 11) is 1.79. The molecule has 1 N–H and O–H groups in total. The second-order valence-electron chi connectivity index (χ2n) is 11.1. The molecule has 0 aromatic heterocycles. The highest BCUT2D eigenvalue weighted by Gasteiger charge is 2.62. The van der Waals surface area contributed by atoms with Gasteiger partial charge in [-0.1, -0.05) is 18.2 Å². The number of likely N-dealkylation sites (tertiary alicyclic amines) is 2. The predicted molar refractivity (Wildman–Crippen MR) is 125 cm³/mol. The second kappa shape index (κ2) is 9.23. The van der Waals surface area contributed by atoms with Crippen LogP contribution < -0.4 is 0 Å². The number of methoxy groups -OCH3 is 1. The highest BCUT2D eigenvalue weighted by atomic mass is 19.1. The van der Waals surface area contributed by atoms with Gasteiger partial charge in [-0.3, -0.25) is 9.59 Å². The van der Waals surface area contributed by atoms with Gasteiger partial charge in [0, 0.05) is 39.1 Å². The van der Waals surface area contributed by atoms with Crippen molar-refractivity contribution in [1.29, 1.82) is 0 Å². The molecule has 34 heavy (non-hydrogen) atoms. The predicted octanol–water partition coefficient (Wildman–Crippen LogP) is 2.88. The third kappa shape index (κ3) is 3.95. The zero-order chi connectivity index (χ0) is 24.0. The van der Waals surface area contributed by atoms with E-state index in [4.69, 9.17) is 4.74 Å². The van der Waals surface area contributed by atoms with E-state index in [1.165, 1.54) is 6.07 Å². The molecule has 2 saturated heterocycles. The van der Waals surface area contributed by atoms with Crippen molar-refractivity contribution < 1.29 is 23.8 Å². The first-order valence-electron chi connectivity index (χ1n) is 12.8. The fraction of sp³-hybridized carbons (Fsp3) is 0.704. The van der Waals surface area contributed by atoms with Crippen molar-refractivity contribution in [3.05, 3.63) is 35.6 Å². The lowest BCUT2D eigenvalue weighted by molar-refractivity contribution is -0.146. The first kappa shape index (κ1) is 23.7. The van der Waals surface area contributed by atoms with Crippen LogP contribution in [0.2, 0.25) is 0 Å². The monoisotopic (exact) mass is 472 g/mol. The van der Waals surface area contributed by atoms with Gasteiger partial charge in [-0.05, 0) is 67.4 Å². The van der Waals surface area contributed by atoms with Crippen LogP contribution in [0.1, 0.15) is 44.6 Å². The first-order chi connectivity index (χ1) is 16.4. The Hall–Kier alpha value is -1.99. The maximum absolute atomic E-state index is 14.2. The van der Waals surface area contributed by atoms with Gasteiger partial charge >= 0.3 is 0 Å². The number of aliphatic hydroxyl groups is 1. The summed E-state index contributed by atoms with van der Waals surface area (Å²) in [5.74, 6) is 1.32. The van der Waals surface area contributed by atoms with Crippen LogP contribution in [0, 0.1) is 34.9 Å². The molecule has 1 aromatic rings. The molecular formula is C27H37FN2O4. The van der Waals surface area contributed by atoms with Crippen molar-refractivity contribution in [3.8, 4) is 0 Å². The smallest absolute Gasteiger partial charge is 0.227 e. The molecule has 5 unspecified atom stereocenters. The molecule has 6 nitrogen and oxygen atoms in total. The van der Waals surface area contributed by atoms with Crippen molar-refractivity contribution in [2.75, 3.05) is 33.4 Å². The van der Waals surface area contributed by atoms with Gasteiger partial charge in [-0.15, -0.1) is 0 Å². The van der Waals surface area contributed by atoms with Gasteiger partial charge in [0.05, 0.1) is 25.2 Å². The zero-order valence-corrected chi connectivity index (χ0v) is 20.3. The van der Waals surface area contributed by atoms with E-state index in [1.807, 2.05) is 9.80 Å². The van der Waals surface area contributed by atoms with E-state index in [0.29, 0.717) is 43.0 Å². The molecule has 2 aliphatic carbocycles. The Labute approximate surface area is 201 Å². The number of halogens is 1. The first-order valence-corrected chi connectivity index (χ1v) is 12.8. The Kier molecular flexibility index (Phi) is 6.44. The molecule has 2 amide bonds. The molecule has 2 aliphatic heterocycles. The number of hydrogen-bond donors (Lipinski definition) is 1. The minimum atomic E-state index is -0.343. The molecule has 0 radical (unpaired) electrons. The zero-order valence-electron chi connectivity index (χ0n) is 20.3. The molecule has 4 aliphatic rings. The maximum Gasteiger partial charge on any atom is 0.227 e. The van der Waals surface area contributed by atoms with E-state index in [9.17, 15) is 19.1 Å². The van der Waals surface area contributed by atoms with Crippen LogP contribution in [0.5, 0.6) is 0 Å². The highest BCUT2D eigenvalue weighted by molar-refractivity contribution is 5.79. The van der Waals surface area contributed by atoms with E-state index >= 15 is 0 Å². The van der Waals surface area contributed by atoms with Crippen LogP contribution >= 0.6 is 0 Å². The third-order valence-electron chi connectivity index (χ3n) is 9.54. The van der Waals surface area contributed by atoms with Crippen molar-refractivity contribution in [1.82, 2.24) is 9.80 Å². The van der Waals surface area contributed by atoms with Gasteiger partial charge in [0.1, 0.15) is 5.82 Å². The molecule has 5 rings (SSSR count). The number of rotatable bonds is 4. The number of piperidine rings is 1. The summed E-state index contributed by atoms with van der Waals surface area (Å²) < 4.78 is 19.9. The van der Waals surface area contributed by atoms with Crippen molar-refractivity contribution in [3.63, 3.8) is 0 Å². The van der Waals surface area contributed by atoms with E-state index in [0.717, 1.165) is 32.1 Å². The average Bonchev–Trinajstić information content (AvgIpc) is 3.42. The number of fused-ring (bicyclic) bond motifs is 4. The summed E-state index contributed by atoms with van der Waals surface area (Å²) >= 11 is 0. The average molecular weight is 473 g/mol. The molecule has 7 atom stereocenters. The Bertz CT molecular complexity index is 941. The molecule has 1 spiro atoms. The van der Waals surface area contributed by atoms with Gasteiger partial charge in [-0.2, -0.15) is 0 Å². The van der Waals surface area contributed by atoms with Crippen LogP contribution in [0.3, 0.4) is 0 Å². The lowest BCUT2D eigenvalue weighted by atomic mass is 9.60. The summed E-state index contributed by atoms with van der Waals surface area (Å²) in [6.45, 7) is 3.43. The van der Waals surface area contributed by atoms with Crippen molar-refractivity contribution in [2.45, 2.75) is 57.6 Å². The van der Waals surface area contributed by atoms with Crippen LogP contribution in [0.25, 0.3) is 0 Å². The van der Waals surface area contributed by atoms with E-state index in [2.05, 4.69) is 0 Å². The quantitative estimate of drug-likeness (QED) is 0.732. The second-order valence-corrected chi connectivity index (χ2v) is 11.1. The Morgan fingerprint density at radius 2 is 1.97 bits per heavy atom. The van der Waals surface area contributed by atoms with Crippen molar-refractivity contribution >= 4 is 11.8 Å². The molecule has 0 bridgehead atoms. The number of ether oxygens (including phenoxy) is 1. The SMILES string of the molecule is COC1CCC2C(C1)CC1C2[C@@]2(CCN(C(=O)Cc3ccccc3F)C2)CN(C(C)=O)[C@H]1CO. The Balaban J connectivity index is 1.42. The molecule has 2 heterocycles. The number of carbonyl (C=O) groups is 2. The summed E-state index contributed by atoms with van der Waals surface area (Å²) in [5, 5.41) is 10.3. The van der Waals surface area contributed by atoms with Crippen molar-refractivity contribution in [2.24, 2.45) is 29.1 Å². The van der Waals surface area contributed by atoms with Gasteiger partial charge in [0.2, 0.25) is 11.8 Å². The number of nitrogens with zero attached hydrogens (tertiary/aromatic N) is 2. The van der Waals surface area contributed by atoms with Gasteiger partial charge in [0.15, 0.2) is 0 Å². The minimum absolute atomic E-state index is 0.00218. The molecule has 2 saturated carbocycles. The normalized spacial score (nSPS) is 37.1. The molecule has 7 heteroatoms. The summed E-state index contributed by atoms with van der Waals surface area (Å²) in [6.07, 6.45) is 5.41. The highest BCUT2D eigenvalue weighted by Crippen LogP contribution is 2.61. The minimum Gasteiger partial charge on any atom is -0.394 e. The number of amides is 2. The topological polar surface area (TPSA) is 70.1 Å². The van der Waals surface area contributed by atoms with Gasteiger partial charge in [-0.25, -0.2) is 4.39 Å². The lowest BCUT2D eigenvalue weighted by Crippen LogP contribution is -2.61. The van der Waals surface area contributed by atoms with Gasteiger partial charge < -0.3 is 19.6 Å². The summed E-state index contributed by atoms with van der Waals surface area (Å²) in [6, 6.07) is 6.32. The Morgan fingerprint density at radius 1 is 1.18 bits per heavy atom. The van der Waals surface area contributed by atoms with Crippen LogP contribution in [-0.2, 0) is 20.7 Å². The molecule has 186 valence electrons. The maximum atomic E-state index is 14.2. The standard InChI is InChI=1S/C27H37FN2O4/c1-17(32)30-16-27(9-10-29(15-27)25(33)13-18-5-3-4-6-23(18)28)26-21-8-7-20(34-2)11-19(21)12-22(26)24(30)14-31/h3-6,19-22,24,26,31H,7-16H2,1-2H3/t19?,20?,21?,22?,24-,26?,27+/m0/s1. The molecule has 4 fully saturated rings. The van der Waals surface area contributed by atoms with Crippen LogP contribution in [0.15, 0.2) is 24.3 Å². The van der Waals surface area contributed by atoms with Gasteiger partial charge in [0.25, 0.3) is 0 Å². The van der Waals surface area contributed by atoms with E-state index in [1.54, 1.807) is 32.2 Å². The van der Waals surface area contributed by atoms with Crippen LogP contribution in [-0.4, -0.2) is 72.2 Å². The van der Waals surface area contributed by atoms with E-state index < -0.39 is 0 Å². The van der Waals surface area contributed by atoms with E-state index in [-0.39, 0.29) is 54.1 Å². The Morgan fingerprint density at radius 3 is 2.68 bits per heavy atom. The number of benzene rings is 1. The lowest BCUT2D eigenvalue weighted by Gasteiger charge is -2.54. The van der Waals surface area contributed by atoms with Crippen LogP contribution in [0.4, 0.5) is 4.39 Å². The number of carbonyl (C=O) groups excluding carboxylic acids is 2. The molecule has 1 aromatic carbocycles. The fourth-order valence-corrected chi connectivity index (χ4v) is 8.12. The molecular weight excluding hydrogens is 435 g/mol. The number of aliphatic hydroxyl groups excluding tert-OH is 1. The summed E-state index contributed by atoms with van der Waals surface area (Å²) in [4.78, 5) is 29.7.